The predicted octanol–water partition coefficient (Wildman–Crippen LogP) is 13.5. The van der Waals surface area contributed by atoms with E-state index in [1.54, 1.807) is 84.9 Å². The molecule has 60 heavy (non-hydrogen) atoms. The van der Waals surface area contributed by atoms with Crippen LogP contribution in [-0.4, -0.2) is 29.1 Å². The van der Waals surface area contributed by atoms with E-state index in [0.29, 0.717) is 72.1 Å². The molecule has 0 radical (unpaired) electrons. The average Bonchev–Trinajstić information content (AvgIpc) is 3.54. The minimum atomic E-state index is -0.276. The summed E-state index contributed by atoms with van der Waals surface area (Å²) in [7, 11) is 0. The number of carbonyl (C=O) groups excluding carboxylic acids is 2. The third-order valence-corrected chi connectivity index (χ3v) is 10.7. The first kappa shape index (κ1) is 37.9. The second-order valence-corrected chi connectivity index (χ2v) is 14.5. The molecule has 8 aromatic rings. The van der Waals surface area contributed by atoms with Gasteiger partial charge in [0, 0.05) is 21.9 Å². The highest BCUT2D eigenvalue weighted by Gasteiger charge is 2.28. The number of azo groups is 2. The monoisotopic (exact) mass is 828 g/mol. The summed E-state index contributed by atoms with van der Waals surface area (Å²) in [6.07, 6.45) is 0.575. The lowest BCUT2D eigenvalue weighted by Gasteiger charge is -2.21. The van der Waals surface area contributed by atoms with Crippen molar-refractivity contribution >= 4 is 96.8 Å². The second-order valence-electron chi connectivity index (χ2n) is 13.7. The molecule has 0 spiro atoms. The number of nitrogens with zero attached hydrogens (tertiary/aromatic N) is 5. The first-order valence-corrected chi connectivity index (χ1v) is 19.3. The zero-order valence-corrected chi connectivity index (χ0v) is 32.8. The van der Waals surface area contributed by atoms with Crippen LogP contribution >= 0.6 is 23.2 Å². The molecule has 11 nitrogen and oxygen atoms in total. The SMILES string of the molecule is O=CN(c1ccccc1Cl)c1cc2ccccc2c(N=Nc2ccc3c(c2)C(=O)c2cc(N=Nc4c(O)c(OCNc5ccccc5Cl)cc5ccccc45)ccc2-3)c1O. The van der Waals surface area contributed by atoms with Gasteiger partial charge in [-0.05, 0) is 82.6 Å². The van der Waals surface area contributed by atoms with Gasteiger partial charge in [0.25, 0.3) is 0 Å². The molecule has 0 atom stereocenters. The Kier molecular flexibility index (Phi) is 10.1. The molecule has 0 saturated carbocycles. The number of anilines is 3. The maximum Gasteiger partial charge on any atom is 0.218 e. The lowest BCUT2D eigenvalue weighted by Crippen LogP contribution is -2.14. The van der Waals surface area contributed by atoms with Gasteiger partial charge in [0.1, 0.15) is 11.4 Å². The van der Waals surface area contributed by atoms with Crippen molar-refractivity contribution in [2.75, 3.05) is 16.9 Å². The number of ether oxygens (including phenoxy) is 1. The molecule has 1 aliphatic carbocycles. The van der Waals surface area contributed by atoms with E-state index in [1.807, 2.05) is 60.7 Å². The van der Waals surface area contributed by atoms with E-state index in [4.69, 9.17) is 27.9 Å². The number of benzene rings is 8. The van der Waals surface area contributed by atoms with E-state index in [0.717, 1.165) is 10.9 Å². The van der Waals surface area contributed by atoms with Crippen LogP contribution in [0.3, 0.4) is 0 Å². The number of carbonyl (C=O) groups is 2. The van der Waals surface area contributed by atoms with Crippen molar-refractivity contribution in [1.82, 2.24) is 0 Å². The molecule has 0 heterocycles. The molecule has 9 rings (SSSR count). The Morgan fingerprint density at radius 1 is 0.583 bits per heavy atom. The van der Waals surface area contributed by atoms with Gasteiger partial charge >= 0.3 is 0 Å². The van der Waals surface area contributed by atoms with Gasteiger partial charge in [-0.3, -0.25) is 14.5 Å². The number of para-hydroxylation sites is 2. The summed E-state index contributed by atoms with van der Waals surface area (Å²) in [5.74, 6) is -0.507. The van der Waals surface area contributed by atoms with E-state index in [-0.39, 0.29) is 46.8 Å². The van der Waals surface area contributed by atoms with Crippen LogP contribution in [0.4, 0.5) is 39.8 Å². The van der Waals surface area contributed by atoms with Crippen LogP contribution in [0.5, 0.6) is 17.2 Å². The Bertz CT molecular complexity index is 3100. The molecule has 0 aromatic heterocycles. The number of nitrogens with one attached hydrogen (secondary N) is 1. The number of phenols is 2. The highest BCUT2D eigenvalue weighted by Crippen LogP contribution is 2.48. The Morgan fingerprint density at radius 2 is 1.13 bits per heavy atom. The Hall–Kier alpha value is -7.60. The first-order chi connectivity index (χ1) is 29.3. The number of halogens is 2. The second kappa shape index (κ2) is 16.0. The largest absolute Gasteiger partial charge is 0.504 e. The molecule has 3 N–H and O–H groups in total. The van der Waals surface area contributed by atoms with Crippen molar-refractivity contribution in [3.05, 3.63) is 167 Å². The van der Waals surface area contributed by atoms with Crippen LogP contribution in [0.25, 0.3) is 32.7 Å². The first-order valence-electron chi connectivity index (χ1n) is 18.6. The van der Waals surface area contributed by atoms with Crippen LogP contribution < -0.4 is 15.0 Å². The third kappa shape index (κ3) is 7.02. The maximum absolute atomic E-state index is 13.9. The topological polar surface area (TPSA) is 149 Å². The molecule has 0 bridgehead atoms. The summed E-state index contributed by atoms with van der Waals surface area (Å²) >= 11 is 12.7. The lowest BCUT2D eigenvalue weighted by atomic mass is 10.1. The van der Waals surface area contributed by atoms with E-state index < -0.39 is 0 Å². The molecule has 13 heteroatoms. The number of fused-ring (bicyclic) bond motifs is 5. The molecular formula is C47H30Cl2N6O5. The number of hydrogen-bond donors (Lipinski definition) is 3. The van der Waals surface area contributed by atoms with Gasteiger partial charge in [-0.2, -0.15) is 10.2 Å². The number of ketones is 1. The zero-order valence-electron chi connectivity index (χ0n) is 31.3. The highest BCUT2D eigenvalue weighted by atomic mass is 35.5. The summed E-state index contributed by atoms with van der Waals surface area (Å²) < 4.78 is 5.91. The summed E-state index contributed by atoms with van der Waals surface area (Å²) in [6.45, 7) is 0.0278. The van der Waals surface area contributed by atoms with Gasteiger partial charge in [-0.25, -0.2) is 0 Å². The molecule has 1 aliphatic rings. The fourth-order valence-corrected chi connectivity index (χ4v) is 7.60. The Morgan fingerprint density at radius 3 is 1.75 bits per heavy atom. The average molecular weight is 830 g/mol. The molecular weight excluding hydrogens is 799 g/mol. The quantitative estimate of drug-likeness (QED) is 0.0671. The predicted molar refractivity (Wildman–Crippen MR) is 235 cm³/mol. The van der Waals surface area contributed by atoms with E-state index >= 15 is 0 Å². The van der Waals surface area contributed by atoms with Crippen molar-refractivity contribution in [2.45, 2.75) is 0 Å². The van der Waals surface area contributed by atoms with Crippen LogP contribution in [0.15, 0.2) is 166 Å². The van der Waals surface area contributed by atoms with Gasteiger partial charge in [0.05, 0.1) is 38.5 Å². The number of hydrogen-bond acceptors (Lipinski definition) is 10. The smallest absolute Gasteiger partial charge is 0.218 e. The lowest BCUT2D eigenvalue weighted by molar-refractivity contribution is -0.106. The van der Waals surface area contributed by atoms with Gasteiger partial charge in [0.2, 0.25) is 6.41 Å². The van der Waals surface area contributed by atoms with Crippen molar-refractivity contribution in [2.24, 2.45) is 20.5 Å². The summed E-state index contributed by atoms with van der Waals surface area (Å²) in [5.41, 5.74) is 4.63. The fourth-order valence-electron chi connectivity index (χ4n) is 7.17. The number of phenolic OH excluding ortho intramolecular Hbond substituents is 2. The standard InChI is InChI=1S/C47H30Cl2N6O5/c48-37-13-5-7-15-39(37)50-25-60-42-22-28-10-2-4-12-32(28)44(47(42)59)54-52-30-18-20-34-33-19-17-29(23-35(33)45(57)36(34)24-30)51-53-43-31-11-3-1-9-27(31)21-41(46(43)58)55(26-56)40-16-8-6-14-38(40)49/h1-24,26,50,58-59H,25H2. The fraction of sp³-hybridized carbons (Fsp3) is 0.0213. The molecule has 0 fully saturated rings. The summed E-state index contributed by atoms with van der Waals surface area (Å²) in [5, 5.41) is 47.3. The molecule has 292 valence electrons. The third-order valence-electron chi connectivity index (χ3n) is 10.1. The normalized spacial score (nSPS) is 12.0. The van der Waals surface area contributed by atoms with Crippen LogP contribution in [0.2, 0.25) is 10.0 Å². The maximum atomic E-state index is 13.9. The van der Waals surface area contributed by atoms with E-state index in [9.17, 15) is 19.8 Å². The van der Waals surface area contributed by atoms with Gasteiger partial charge in [0.15, 0.2) is 29.8 Å². The molecule has 0 unspecified atom stereocenters. The number of aromatic hydroxyl groups is 2. The van der Waals surface area contributed by atoms with Crippen molar-refractivity contribution in [1.29, 1.82) is 0 Å². The number of rotatable bonds is 11. The van der Waals surface area contributed by atoms with Crippen LogP contribution in [0.1, 0.15) is 15.9 Å². The Labute approximate surface area is 352 Å². The van der Waals surface area contributed by atoms with Crippen molar-refractivity contribution < 1.29 is 24.5 Å². The molecule has 1 amide bonds. The minimum Gasteiger partial charge on any atom is -0.504 e. The van der Waals surface area contributed by atoms with Crippen molar-refractivity contribution in [3.8, 4) is 28.4 Å². The Balaban J connectivity index is 0.989. The minimum absolute atomic E-state index is 0.0278. The molecule has 8 aromatic carbocycles. The van der Waals surface area contributed by atoms with Crippen LogP contribution in [0, 0.1) is 0 Å². The molecule has 0 saturated heterocycles. The number of amides is 1. The van der Waals surface area contributed by atoms with Gasteiger partial charge in [-0.15, -0.1) is 10.2 Å². The van der Waals surface area contributed by atoms with Gasteiger partial charge < -0.3 is 20.3 Å². The van der Waals surface area contributed by atoms with E-state index in [2.05, 4.69) is 25.8 Å². The summed E-state index contributed by atoms with van der Waals surface area (Å²) in [6, 6.07) is 42.5. The van der Waals surface area contributed by atoms with Crippen LogP contribution in [-0.2, 0) is 4.79 Å². The summed E-state index contributed by atoms with van der Waals surface area (Å²) in [4.78, 5) is 27.5. The molecule has 0 aliphatic heterocycles. The zero-order chi connectivity index (χ0) is 41.3. The van der Waals surface area contributed by atoms with E-state index in [1.165, 1.54) is 4.90 Å². The van der Waals surface area contributed by atoms with Gasteiger partial charge in [-0.1, -0.05) is 108 Å². The van der Waals surface area contributed by atoms with Crippen molar-refractivity contribution in [3.63, 3.8) is 0 Å². The highest BCUT2D eigenvalue weighted by molar-refractivity contribution is 6.34.